The van der Waals surface area contributed by atoms with Crippen LogP contribution in [0, 0.1) is 6.92 Å². The number of H-pyrrole nitrogens is 1. The van der Waals surface area contributed by atoms with E-state index in [1.165, 1.54) is 0 Å². The molecular weight excluding hydrogens is 352 g/mol. The number of fused-ring (bicyclic) bond motifs is 1. The van der Waals surface area contributed by atoms with Crippen LogP contribution in [-0.2, 0) is 11.2 Å². The molecule has 0 saturated carbocycles. The van der Waals surface area contributed by atoms with Crippen LogP contribution in [0.2, 0.25) is 0 Å². The van der Waals surface area contributed by atoms with E-state index in [1.807, 2.05) is 42.2 Å². The molecule has 1 N–H and O–H groups in total. The maximum atomic E-state index is 13.3. The van der Waals surface area contributed by atoms with Crippen molar-refractivity contribution in [3.63, 3.8) is 0 Å². The zero-order valence-electron chi connectivity index (χ0n) is 16.6. The molecule has 2 heterocycles. The molecule has 4 rings (SSSR count). The highest BCUT2D eigenvalue weighted by atomic mass is 16.5. The molecule has 1 aliphatic heterocycles. The van der Waals surface area contributed by atoms with Gasteiger partial charge in [0.1, 0.15) is 11.5 Å². The minimum Gasteiger partial charge on any atom is -0.497 e. The number of methoxy groups -OCH3 is 2. The third-order valence-electron chi connectivity index (χ3n) is 5.73. The second kappa shape index (κ2) is 7.58. The fourth-order valence-corrected chi connectivity index (χ4v) is 4.30. The number of carbonyl (C=O) groups is 1. The first kappa shape index (κ1) is 18.4. The number of aromatic nitrogens is 1. The van der Waals surface area contributed by atoms with Crippen LogP contribution in [0.5, 0.6) is 11.5 Å². The second-order valence-electron chi connectivity index (χ2n) is 7.30. The number of hydrogen-bond acceptors (Lipinski definition) is 3. The lowest BCUT2D eigenvalue weighted by molar-refractivity contribution is -0.131. The standard InChI is InChI=1S/C23H26N2O3/c1-15-19(17-7-4-5-8-20(17)24-15)14-23(26)25-12-6-9-21(25)18-11-10-16(27-2)13-22(18)28-3/h4-5,7-8,10-11,13,21,24H,6,9,12,14H2,1-3H3/t21-/m0/s1. The van der Waals surface area contributed by atoms with Gasteiger partial charge in [0.15, 0.2) is 0 Å². The summed E-state index contributed by atoms with van der Waals surface area (Å²) in [6.45, 7) is 2.82. The number of carbonyl (C=O) groups excluding carboxylic acids is 1. The highest BCUT2D eigenvalue weighted by molar-refractivity contribution is 5.90. The topological polar surface area (TPSA) is 54.6 Å². The fraction of sp³-hybridized carbons (Fsp3) is 0.348. The van der Waals surface area contributed by atoms with Gasteiger partial charge in [-0.2, -0.15) is 0 Å². The van der Waals surface area contributed by atoms with Crippen molar-refractivity contribution in [1.82, 2.24) is 9.88 Å². The number of benzene rings is 2. The quantitative estimate of drug-likeness (QED) is 0.716. The Kier molecular flexibility index (Phi) is 4.99. The first-order chi connectivity index (χ1) is 13.6. The number of ether oxygens (including phenoxy) is 2. The summed E-state index contributed by atoms with van der Waals surface area (Å²) in [5.41, 5.74) is 4.28. The van der Waals surface area contributed by atoms with E-state index < -0.39 is 0 Å². The Labute approximate surface area is 165 Å². The molecule has 3 aromatic rings. The third kappa shape index (κ3) is 3.21. The van der Waals surface area contributed by atoms with Gasteiger partial charge in [0.2, 0.25) is 5.91 Å². The summed E-state index contributed by atoms with van der Waals surface area (Å²) in [5, 5.41) is 1.13. The lowest BCUT2D eigenvalue weighted by Gasteiger charge is -2.27. The summed E-state index contributed by atoms with van der Waals surface area (Å²) in [7, 11) is 3.30. The van der Waals surface area contributed by atoms with Gasteiger partial charge in [-0.3, -0.25) is 4.79 Å². The smallest absolute Gasteiger partial charge is 0.227 e. The van der Waals surface area contributed by atoms with E-state index in [2.05, 4.69) is 17.1 Å². The van der Waals surface area contributed by atoms with Crippen molar-refractivity contribution in [3.05, 3.63) is 59.3 Å². The summed E-state index contributed by atoms with van der Waals surface area (Å²) in [4.78, 5) is 18.7. The Morgan fingerprint density at radius 2 is 2.00 bits per heavy atom. The maximum absolute atomic E-state index is 13.3. The lowest BCUT2D eigenvalue weighted by atomic mass is 10.0. The molecule has 1 fully saturated rings. The predicted octanol–water partition coefficient (Wildman–Crippen LogP) is 4.40. The normalized spacial score (nSPS) is 16.5. The first-order valence-corrected chi connectivity index (χ1v) is 9.70. The van der Waals surface area contributed by atoms with E-state index in [-0.39, 0.29) is 11.9 Å². The molecule has 5 nitrogen and oxygen atoms in total. The van der Waals surface area contributed by atoms with Crippen molar-refractivity contribution in [3.8, 4) is 11.5 Å². The van der Waals surface area contributed by atoms with Crippen LogP contribution in [0.25, 0.3) is 10.9 Å². The van der Waals surface area contributed by atoms with Crippen LogP contribution in [0.3, 0.4) is 0 Å². The number of para-hydroxylation sites is 1. The van der Waals surface area contributed by atoms with E-state index in [4.69, 9.17) is 9.47 Å². The highest BCUT2D eigenvalue weighted by Gasteiger charge is 2.32. The molecule has 1 aromatic heterocycles. The summed E-state index contributed by atoms with van der Waals surface area (Å²) in [5.74, 6) is 1.69. The van der Waals surface area contributed by atoms with Gasteiger partial charge in [-0.15, -0.1) is 0 Å². The van der Waals surface area contributed by atoms with Crippen LogP contribution in [-0.4, -0.2) is 36.6 Å². The van der Waals surface area contributed by atoms with E-state index in [0.29, 0.717) is 6.42 Å². The Bertz CT molecular complexity index is 1010. The minimum atomic E-state index is 0.0406. The Balaban J connectivity index is 1.61. The molecule has 0 spiro atoms. The fourth-order valence-electron chi connectivity index (χ4n) is 4.30. The number of hydrogen-bond donors (Lipinski definition) is 1. The number of amides is 1. The van der Waals surface area contributed by atoms with E-state index >= 15 is 0 Å². The summed E-state index contributed by atoms with van der Waals surface area (Å²) in [6, 6.07) is 14.0. The molecule has 5 heteroatoms. The average molecular weight is 378 g/mol. The van der Waals surface area contributed by atoms with Gasteiger partial charge in [-0.1, -0.05) is 18.2 Å². The molecule has 0 unspecified atom stereocenters. The van der Waals surface area contributed by atoms with Gasteiger partial charge < -0.3 is 19.4 Å². The number of nitrogens with zero attached hydrogens (tertiary/aromatic N) is 1. The number of nitrogens with one attached hydrogen (secondary N) is 1. The molecule has 146 valence electrons. The van der Waals surface area contributed by atoms with Crippen LogP contribution >= 0.6 is 0 Å². The van der Waals surface area contributed by atoms with Gasteiger partial charge in [0.05, 0.1) is 26.7 Å². The maximum Gasteiger partial charge on any atom is 0.227 e. The highest BCUT2D eigenvalue weighted by Crippen LogP contribution is 2.39. The van der Waals surface area contributed by atoms with Crippen molar-refractivity contribution in [2.45, 2.75) is 32.2 Å². The molecule has 1 aliphatic rings. The van der Waals surface area contributed by atoms with E-state index in [0.717, 1.165) is 58.6 Å². The number of aryl methyl sites for hydroxylation is 1. The Hall–Kier alpha value is -2.95. The van der Waals surface area contributed by atoms with Crippen molar-refractivity contribution >= 4 is 16.8 Å². The summed E-state index contributed by atoms with van der Waals surface area (Å²) < 4.78 is 10.9. The summed E-state index contributed by atoms with van der Waals surface area (Å²) >= 11 is 0. The number of rotatable bonds is 5. The SMILES string of the molecule is COc1ccc([C@@H]2CCCN2C(=O)Cc2c(C)[nH]c3ccccc23)c(OC)c1. The molecule has 1 saturated heterocycles. The molecule has 0 bridgehead atoms. The average Bonchev–Trinajstić information content (AvgIpc) is 3.32. The van der Waals surface area contributed by atoms with Crippen molar-refractivity contribution in [1.29, 1.82) is 0 Å². The molecule has 0 radical (unpaired) electrons. The van der Waals surface area contributed by atoms with Crippen molar-refractivity contribution in [2.24, 2.45) is 0 Å². The first-order valence-electron chi connectivity index (χ1n) is 9.70. The number of likely N-dealkylation sites (tertiary alicyclic amines) is 1. The van der Waals surface area contributed by atoms with Crippen LogP contribution < -0.4 is 9.47 Å². The number of aromatic amines is 1. The Morgan fingerprint density at radius 3 is 2.79 bits per heavy atom. The second-order valence-corrected chi connectivity index (χ2v) is 7.30. The molecule has 28 heavy (non-hydrogen) atoms. The molecule has 2 aromatic carbocycles. The lowest BCUT2D eigenvalue weighted by Crippen LogP contribution is -2.32. The Morgan fingerprint density at radius 1 is 1.18 bits per heavy atom. The van der Waals surface area contributed by atoms with Crippen LogP contribution in [0.15, 0.2) is 42.5 Å². The van der Waals surface area contributed by atoms with Gasteiger partial charge in [-0.25, -0.2) is 0 Å². The van der Waals surface area contributed by atoms with Gasteiger partial charge in [0, 0.05) is 34.8 Å². The zero-order chi connectivity index (χ0) is 19.7. The molecule has 1 atom stereocenters. The monoisotopic (exact) mass is 378 g/mol. The molecule has 0 aliphatic carbocycles. The minimum absolute atomic E-state index is 0.0406. The van der Waals surface area contributed by atoms with Crippen LogP contribution in [0.4, 0.5) is 0 Å². The van der Waals surface area contributed by atoms with E-state index in [1.54, 1.807) is 14.2 Å². The predicted molar refractivity (Wildman–Crippen MR) is 110 cm³/mol. The van der Waals surface area contributed by atoms with Gasteiger partial charge in [0.25, 0.3) is 0 Å². The zero-order valence-corrected chi connectivity index (χ0v) is 16.6. The molecular formula is C23H26N2O3. The van der Waals surface area contributed by atoms with Gasteiger partial charge >= 0.3 is 0 Å². The third-order valence-corrected chi connectivity index (χ3v) is 5.73. The van der Waals surface area contributed by atoms with Crippen molar-refractivity contribution < 1.29 is 14.3 Å². The summed E-state index contributed by atoms with van der Waals surface area (Å²) in [6.07, 6.45) is 2.35. The van der Waals surface area contributed by atoms with Crippen molar-refractivity contribution in [2.75, 3.05) is 20.8 Å². The van der Waals surface area contributed by atoms with Gasteiger partial charge in [-0.05, 0) is 43.5 Å². The largest absolute Gasteiger partial charge is 0.497 e. The van der Waals surface area contributed by atoms with Crippen LogP contribution in [0.1, 0.15) is 35.7 Å². The molecule has 1 amide bonds. The van der Waals surface area contributed by atoms with E-state index in [9.17, 15) is 4.79 Å².